The maximum Gasteiger partial charge on any atom is 0.563 e. The SMILES string of the molecule is C=C1OB(c2ccc(S(=O)(=O)Nc3cccc(C(CO)NC)c3)cc2)OC1(C)C. The van der Waals surface area contributed by atoms with E-state index in [1.54, 1.807) is 37.4 Å². The van der Waals surface area contributed by atoms with Crippen LogP contribution in [0.1, 0.15) is 25.5 Å². The number of nitrogens with one attached hydrogen (secondary N) is 2. The summed E-state index contributed by atoms with van der Waals surface area (Å²) in [4.78, 5) is 0.120. The van der Waals surface area contributed by atoms with Crippen LogP contribution in [0.5, 0.6) is 0 Å². The van der Waals surface area contributed by atoms with E-state index in [9.17, 15) is 13.5 Å². The van der Waals surface area contributed by atoms with Gasteiger partial charge in [-0.15, -0.1) is 0 Å². The Labute approximate surface area is 171 Å². The third-order valence-corrected chi connectivity index (χ3v) is 6.25. The van der Waals surface area contributed by atoms with Crippen molar-refractivity contribution in [3.05, 3.63) is 66.4 Å². The molecule has 3 N–H and O–H groups in total. The summed E-state index contributed by atoms with van der Waals surface area (Å²) in [5.41, 5.74) is 1.31. The second-order valence-corrected chi connectivity index (χ2v) is 9.01. The Bertz CT molecular complexity index is 988. The first kappa shape index (κ1) is 21.4. The molecule has 1 aliphatic rings. The van der Waals surface area contributed by atoms with E-state index in [0.29, 0.717) is 16.9 Å². The molecule has 7 nitrogen and oxygen atoms in total. The summed E-state index contributed by atoms with van der Waals surface area (Å²) in [7, 11) is -2.66. The summed E-state index contributed by atoms with van der Waals surface area (Å²) in [6.45, 7) is 7.48. The van der Waals surface area contributed by atoms with Crippen LogP contribution in [0.3, 0.4) is 0 Å². The van der Waals surface area contributed by atoms with Gasteiger partial charge in [-0.25, -0.2) is 8.42 Å². The number of rotatable bonds is 7. The first-order chi connectivity index (χ1) is 13.7. The number of hydrogen-bond donors (Lipinski definition) is 3. The fourth-order valence-electron chi connectivity index (χ4n) is 2.97. The quantitative estimate of drug-likeness (QED) is 0.596. The van der Waals surface area contributed by atoms with Crippen LogP contribution < -0.4 is 15.5 Å². The molecule has 1 fully saturated rings. The molecule has 1 heterocycles. The number of aliphatic hydroxyl groups excluding tert-OH is 1. The van der Waals surface area contributed by atoms with Gasteiger partial charge in [0.2, 0.25) is 0 Å². The van der Waals surface area contributed by atoms with Crippen LogP contribution in [-0.4, -0.2) is 39.9 Å². The van der Waals surface area contributed by atoms with Crippen molar-refractivity contribution in [1.29, 1.82) is 0 Å². The Balaban J connectivity index is 1.77. The maximum absolute atomic E-state index is 12.8. The van der Waals surface area contributed by atoms with Crippen molar-refractivity contribution in [2.24, 2.45) is 0 Å². The number of aliphatic hydroxyl groups is 1. The fraction of sp³-hybridized carbons (Fsp3) is 0.300. The molecule has 29 heavy (non-hydrogen) atoms. The molecule has 0 spiro atoms. The van der Waals surface area contributed by atoms with Crippen LogP contribution in [0.2, 0.25) is 0 Å². The summed E-state index contributed by atoms with van der Waals surface area (Å²) < 4.78 is 39.5. The third-order valence-electron chi connectivity index (χ3n) is 4.86. The number of likely N-dealkylation sites (N-methyl/N-ethyl adjacent to an activating group) is 1. The molecule has 1 aliphatic heterocycles. The molecule has 0 radical (unpaired) electrons. The predicted molar refractivity (Wildman–Crippen MR) is 113 cm³/mol. The molecular formula is C20H25BN2O5S. The van der Waals surface area contributed by atoms with Crippen molar-refractivity contribution < 1.29 is 22.8 Å². The third kappa shape index (κ3) is 4.64. The normalized spacial score (nSPS) is 17.1. The second kappa shape index (κ2) is 8.20. The molecule has 0 aliphatic carbocycles. The predicted octanol–water partition coefficient (Wildman–Crippen LogP) is 1.77. The van der Waals surface area contributed by atoms with Gasteiger partial charge in [0, 0.05) is 5.69 Å². The molecule has 0 aromatic heterocycles. The van der Waals surface area contributed by atoms with Gasteiger partial charge < -0.3 is 19.7 Å². The summed E-state index contributed by atoms with van der Waals surface area (Å²) in [5.74, 6) is 0.531. The van der Waals surface area contributed by atoms with Gasteiger partial charge in [-0.3, -0.25) is 4.72 Å². The lowest BCUT2D eigenvalue weighted by molar-refractivity contribution is 0.173. The molecule has 1 unspecified atom stereocenters. The first-order valence-corrected chi connectivity index (χ1v) is 10.7. The molecule has 0 amide bonds. The van der Waals surface area contributed by atoms with E-state index < -0.39 is 22.7 Å². The van der Waals surface area contributed by atoms with E-state index in [4.69, 9.17) is 9.31 Å². The smallest absolute Gasteiger partial charge is 0.534 e. The highest BCUT2D eigenvalue weighted by molar-refractivity contribution is 7.92. The Morgan fingerprint density at radius 1 is 1.21 bits per heavy atom. The van der Waals surface area contributed by atoms with Gasteiger partial charge in [-0.05, 0) is 56.2 Å². The Kier molecular flexibility index (Phi) is 6.04. The topological polar surface area (TPSA) is 96.9 Å². The van der Waals surface area contributed by atoms with Gasteiger partial charge in [-0.1, -0.05) is 30.8 Å². The van der Waals surface area contributed by atoms with Crippen LogP contribution in [0.4, 0.5) is 5.69 Å². The summed E-state index contributed by atoms with van der Waals surface area (Å²) >= 11 is 0. The maximum atomic E-state index is 12.8. The monoisotopic (exact) mass is 416 g/mol. The Hall–Kier alpha value is -2.33. The zero-order valence-corrected chi connectivity index (χ0v) is 17.5. The fourth-order valence-corrected chi connectivity index (χ4v) is 4.01. The van der Waals surface area contributed by atoms with Crippen LogP contribution in [0.25, 0.3) is 0 Å². The van der Waals surface area contributed by atoms with Crippen molar-refractivity contribution >= 4 is 28.3 Å². The lowest BCUT2D eigenvalue weighted by atomic mass is 9.79. The molecule has 2 aromatic carbocycles. The summed E-state index contributed by atoms with van der Waals surface area (Å²) in [5, 5.41) is 12.4. The van der Waals surface area contributed by atoms with E-state index in [-0.39, 0.29) is 17.5 Å². The van der Waals surface area contributed by atoms with Crippen molar-refractivity contribution in [3.8, 4) is 0 Å². The van der Waals surface area contributed by atoms with Crippen LogP contribution in [-0.2, 0) is 19.3 Å². The Morgan fingerprint density at radius 3 is 2.45 bits per heavy atom. The largest absolute Gasteiger partial charge is 0.563 e. The average Bonchev–Trinajstić information content (AvgIpc) is 2.96. The van der Waals surface area contributed by atoms with E-state index in [1.807, 2.05) is 19.9 Å². The van der Waals surface area contributed by atoms with E-state index >= 15 is 0 Å². The molecule has 1 saturated heterocycles. The van der Waals surface area contributed by atoms with E-state index in [1.165, 1.54) is 12.1 Å². The molecule has 9 heteroatoms. The number of sulfonamides is 1. The minimum atomic E-state index is -3.78. The second-order valence-electron chi connectivity index (χ2n) is 7.32. The molecular weight excluding hydrogens is 391 g/mol. The summed E-state index contributed by atoms with van der Waals surface area (Å²) in [6, 6.07) is 13.0. The lowest BCUT2D eigenvalue weighted by Crippen LogP contribution is -2.34. The van der Waals surface area contributed by atoms with Gasteiger partial charge in [0.1, 0.15) is 5.60 Å². The van der Waals surface area contributed by atoms with Crippen LogP contribution in [0.15, 0.2) is 65.8 Å². The van der Waals surface area contributed by atoms with Crippen LogP contribution in [0, 0.1) is 0 Å². The standard InChI is InChI=1S/C20H25BN2O5S/c1-14-20(2,3)28-21(27-14)16-8-10-18(11-9-16)29(25,26)23-17-7-5-6-15(12-17)19(13-24)22-4/h5-12,19,22-24H,1,13H2,2-4H3. The molecule has 1 atom stereocenters. The molecule has 2 aromatic rings. The van der Waals surface area contributed by atoms with Gasteiger partial charge >= 0.3 is 7.12 Å². The van der Waals surface area contributed by atoms with E-state index in [2.05, 4.69) is 16.6 Å². The number of anilines is 1. The van der Waals surface area contributed by atoms with Crippen molar-refractivity contribution in [1.82, 2.24) is 5.32 Å². The first-order valence-electron chi connectivity index (χ1n) is 9.21. The van der Waals surface area contributed by atoms with Crippen LogP contribution >= 0.6 is 0 Å². The minimum Gasteiger partial charge on any atom is -0.534 e. The zero-order valence-electron chi connectivity index (χ0n) is 16.7. The molecule has 0 bridgehead atoms. The van der Waals surface area contributed by atoms with Gasteiger partial charge in [0.25, 0.3) is 10.0 Å². The van der Waals surface area contributed by atoms with Crippen molar-refractivity contribution in [3.63, 3.8) is 0 Å². The molecule has 0 saturated carbocycles. The lowest BCUT2D eigenvalue weighted by Gasteiger charge is -2.16. The molecule has 3 rings (SSSR count). The highest BCUT2D eigenvalue weighted by Gasteiger charge is 2.42. The van der Waals surface area contributed by atoms with Gasteiger partial charge in [0.15, 0.2) is 0 Å². The van der Waals surface area contributed by atoms with E-state index in [0.717, 1.165) is 5.56 Å². The molecule has 154 valence electrons. The summed E-state index contributed by atoms with van der Waals surface area (Å²) in [6.07, 6.45) is 0. The zero-order chi connectivity index (χ0) is 21.2. The average molecular weight is 416 g/mol. The highest BCUT2D eigenvalue weighted by atomic mass is 32.2. The number of benzene rings is 2. The van der Waals surface area contributed by atoms with Crippen molar-refractivity contribution in [2.75, 3.05) is 18.4 Å². The number of hydrogen-bond acceptors (Lipinski definition) is 6. The van der Waals surface area contributed by atoms with Gasteiger partial charge in [-0.2, -0.15) is 0 Å². The van der Waals surface area contributed by atoms with Crippen molar-refractivity contribution in [2.45, 2.75) is 30.4 Å². The Morgan fingerprint density at radius 2 is 1.90 bits per heavy atom. The van der Waals surface area contributed by atoms with Gasteiger partial charge in [0.05, 0.1) is 23.3 Å². The minimum absolute atomic E-state index is 0.0945. The highest BCUT2D eigenvalue weighted by Crippen LogP contribution is 2.29.